The molecule has 0 N–H and O–H groups in total. The van der Waals surface area contributed by atoms with E-state index >= 15 is 0 Å². The van der Waals surface area contributed by atoms with E-state index in [-0.39, 0.29) is 17.5 Å². The Hall–Kier alpha value is -2.69. The minimum Gasteiger partial charge on any atom is -0.493 e. The third kappa shape index (κ3) is 2.56. The van der Waals surface area contributed by atoms with Crippen molar-refractivity contribution in [3.05, 3.63) is 53.6 Å². The summed E-state index contributed by atoms with van der Waals surface area (Å²) >= 11 is 0. The Kier molecular flexibility index (Phi) is 4.25. The molecule has 0 saturated carbocycles. The molecule has 2 aromatic rings. The molecule has 0 spiro atoms. The van der Waals surface area contributed by atoms with Gasteiger partial charge in [-0.05, 0) is 42.2 Å². The van der Waals surface area contributed by atoms with Crippen molar-refractivity contribution in [2.45, 2.75) is 30.8 Å². The largest absolute Gasteiger partial charge is 0.493 e. The fraction of sp³-hybridized carbons (Fsp3) is 0.409. The summed E-state index contributed by atoms with van der Waals surface area (Å²) in [6, 6.07) is 14.7. The van der Waals surface area contributed by atoms with Gasteiger partial charge in [0.15, 0.2) is 11.5 Å². The molecule has 27 heavy (non-hydrogen) atoms. The highest BCUT2D eigenvalue weighted by Gasteiger charge is 2.54. The maximum atomic E-state index is 12.5. The Labute approximate surface area is 160 Å². The molecule has 0 aromatic heterocycles. The molecule has 4 rings (SSSR count). The van der Waals surface area contributed by atoms with Crippen molar-refractivity contribution in [3.63, 3.8) is 0 Å². The van der Waals surface area contributed by atoms with Crippen LogP contribution in [0.25, 0.3) is 0 Å². The molecule has 2 heterocycles. The first-order chi connectivity index (χ1) is 13.0. The van der Waals surface area contributed by atoms with Gasteiger partial charge in [-0.1, -0.05) is 24.3 Å². The van der Waals surface area contributed by atoms with Gasteiger partial charge in [0.25, 0.3) is 0 Å². The monoisotopic (exact) mass is 366 g/mol. The molecule has 2 aliphatic heterocycles. The van der Waals surface area contributed by atoms with Gasteiger partial charge < -0.3 is 19.3 Å². The number of benzene rings is 2. The minimum absolute atomic E-state index is 0.0178. The summed E-state index contributed by atoms with van der Waals surface area (Å²) in [5, 5.41) is 0. The van der Waals surface area contributed by atoms with Crippen molar-refractivity contribution in [1.82, 2.24) is 4.90 Å². The Morgan fingerprint density at radius 3 is 2.52 bits per heavy atom. The van der Waals surface area contributed by atoms with Crippen LogP contribution in [0.2, 0.25) is 0 Å². The molecule has 5 nitrogen and oxygen atoms in total. The SMILES string of the molecule is COc1ccc(C[C@@]23CCC(=O)N(C)[C@@H]2N(C)c2ccccc23)cc1OC. The summed E-state index contributed by atoms with van der Waals surface area (Å²) in [7, 11) is 7.33. The second-order valence-electron chi connectivity index (χ2n) is 7.53. The Morgan fingerprint density at radius 1 is 1.04 bits per heavy atom. The van der Waals surface area contributed by atoms with Crippen LogP contribution in [-0.4, -0.2) is 45.3 Å². The summed E-state index contributed by atoms with van der Waals surface area (Å²) in [5.41, 5.74) is 3.59. The fourth-order valence-electron chi connectivity index (χ4n) is 5.01. The second kappa shape index (κ2) is 6.48. The van der Waals surface area contributed by atoms with Crippen LogP contribution >= 0.6 is 0 Å². The lowest BCUT2D eigenvalue weighted by atomic mass is 9.69. The number of rotatable bonds is 4. The molecule has 5 heteroatoms. The standard InChI is InChI=1S/C22H26N2O3/c1-23-17-8-6-5-7-16(17)22(12-11-20(25)24(2)21(22)23)14-15-9-10-18(26-3)19(13-15)27-4/h5-10,13,21H,11-12,14H2,1-4H3/t21-,22+/m0/s1. The molecule has 0 aliphatic carbocycles. The predicted molar refractivity (Wildman–Crippen MR) is 106 cm³/mol. The van der Waals surface area contributed by atoms with Crippen LogP contribution in [0, 0.1) is 0 Å². The van der Waals surface area contributed by atoms with Crippen LogP contribution < -0.4 is 14.4 Å². The van der Waals surface area contributed by atoms with E-state index in [1.807, 2.05) is 18.0 Å². The van der Waals surface area contributed by atoms with E-state index in [9.17, 15) is 4.79 Å². The van der Waals surface area contributed by atoms with E-state index in [0.717, 1.165) is 24.3 Å². The third-order valence-electron chi connectivity index (χ3n) is 6.19. The number of hydrogen-bond acceptors (Lipinski definition) is 4. The molecule has 2 atom stereocenters. The van der Waals surface area contributed by atoms with Crippen molar-refractivity contribution in [2.24, 2.45) is 0 Å². The first-order valence-electron chi connectivity index (χ1n) is 9.31. The Bertz CT molecular complexity index is 882. The molecule has 2 aromatic carbocycles. The van der Waals surface area contributed by atoms with Gasteiger partial charge >= 0.3 is 0 Å². The zero-order chi connectivity index (χ0) is 19.2. The second-order valence-corrected chi connectivity index (χ2v) is 7.53. The van der Waals surface area contributed by atoms with E-state index in [1.165, 1.54) is 16.8 Å². The van der Waals surface area contributed by atoms with Crippen molar-refractivity contribution >= 4 is 11.6 Å². The molecule has 1 amide bonds. The lowest BCUT2D eigenvalue weighted by molar-refractivity contribution is -0.137. The molecule has 0 unspecified atom stereocenters. The summed E-state index contributed by atoms with van der Waals surface area (Å²) in [6.07, 6.45) is 2.28. The van der Waals surface area contributed by atoms with Crippen LogP contribution in [0.4, 0.5) is 5.69 Å². The van der Waals surface area contributed by atoms with Gasteiger partial charge in [-0.15, -0.1) is 0 Å². The van der Waals surface area contributed by atoms with Gasteiger partial charge in [0.2, 0.25) is 5.91 Å². The van der Waals surface area contributed by atoms with Crippen molar-refractivity contribution < 1.29 is 14.3 Å². The fourth-order valence-corrected chi connectivity index (χ4v) is 5.01. The maximum absolute atomic E-state index is 12.5. The van der Waals surface area contributed by atoms with Crippen molar-refractivity contribution in [2.75, 3.05) is 33.2 Å². The first kappa shape index (κ1) is 17.7. The van der Waals surface area contributed by atoms with Gasteiger partial charge in [-0.25, -0.2) is 0 Å². The van der Waals surface area contributed by atoms with Crippen LogP contribution in [0.15, 0.2) is 42.5 Å². The number of piperidine rings is 1. The number of likely N-dealkylation sites (N-methyl/N-ethyl adjacent to an activating group) is 2. The van der Waals surface area contributed by atoms with Crippen molar-refractivity contribution in [3.8, 4) is 11.5 Å². The molecule has 2 aliphatic rings. The molecule has 1 fully saturated rings. The van der Waals surface area contributed by atoms with E-state index in [0.29, 0.717) is 6.42 Å². The van der Waals surface area contributed by atoms with Crippen LogP contribution in [0.5, 0.6) is 11.5 Å². The third-order valence-corrected chi connectivity index (χ3v) is 6.19. The molecule has 142 valence electrons. The summed E-state index contributed by atoms with van der Waals surface area (Å²) in [6.45, 7) is 0. The number of para-hydroxylation sites is 1. The first-order valence-corrected chi connectivity index (χ1v) is 9.31. The highest BCUT2D eigenvalue weighted by Crippen LogP contribution is 2.52. The zero-order valence-electron chi connectivity index (χ0n) is 16.4. The topological polar surface area (TPSA) is 42.0 Å². The summed E-state index contributed by atoms with van der Waals surface area (Å²) < 4.78 is 10.9. The predicted octanol–water partition coefficient (Wildman–Crippen LogP) is 3.21. The number of carbonyl (C=O) groups excluding carboxylic acids is 1. The summed E-state index contributed by atoms with van der Waals surface area (Å²) in [5.74, 6) is 1.68. The normalized spacial score (nSPS) is 23.9. The van der Waals surface area contributed by atoms with Crippen LogP contribution in [0.1, 0.15) is 24.0 Å². The van der Waals surface area contributed by atoms with E-state index in [1.54, 1.807) is 14.2 Å². The number of amides is 1. The number of ether oxygens (including phenoxy) is 2. The van der Waals surface area contributed by atoms with Gasteiger partial charge in [-0.2, -0.15) is 0 Å². The number of nitrogens with zero attached hydrogens (tertiary/aromatic N) is 2. The quantitative estimate of drug-likeness (QED) is 0.833. The maximum Gasteiger partial charge on any atom is 0.224 e. The number of carbonyl (C=O) groups is 1. The number of hydrogen-bond donors (Lipinski definition) is 0. The number of likely N-dealkylation sites (tertiary alicyclic amines) is 1. The molecule has 0 radical (unpaired) electrons. The average molecular weight is 366 g/mol. The highest BCUT2D eigenvalue weighted by molar-refractivity contribution is 5.81. The molecular formula is C22H26N2O3. The van der Waals surface area contributed by atoms with Gasteiger partial charge in [0, 0.05) is 31.6 Å². The van der Waals surface area contributed by atoms with Gasteiger partial charge in [-0.3, -0.25) is 4.79 Å². The number of anilines is 1. The lowest BCUT2D eigenvalue weighted by Crippen LogP contribution is -2.59. The van der Waals surface area contributed by atoms with Crippen LogP contribution in [-0.2, 0) is 16.6 Å². The molecule has 1 saturated heterocycles. The van der Waals surface area contributed by atoms with Gasteiger partial charge in [0.1, 0.15) is 6.17 Å². The minimum atomic E-state index is -0.131. The molecular weight excluding hydrogens is 340 g/mol. The number of fused-ring (bicyclic) bond motifs is 3. The zero-order valence-corrected chi connectivity index (χ0v) is 16.4. The van der Waals surface area contributed by atoms with E-state index < -0.39 is 0 Å². The van der Waals surface area contributed by atoms with E-state index in [2.05, 4.69) is 48.3 Å². The van der Waals surface area contributed by atoms with Crippen molar-refractivity contribution in [1.29, 1.82) is 0 Å². The lowest BCUT2D eigenvalue weighted by Gasteiger charge is -2.47. The Morgan fingerprint density at radius 2 is 1.78 bits per heavy atom. The van der Waals surface area contributed by atoms with E-state index in [4.69, 9.17) is 9.47 Å². The van der Waals surface area contributed by atoms with Crippen LogP contribution in [0.3, 0.4) is 0 Å². The Balaban J connectivity index is 1.81. The molecule has 0 bridgehead atoms. The van der Waals surface area contributed by atoms with Gasteiger partial charge in [0.05, 0.1) is 14.2 Å². The average Bonchev–Trinajstić information content (AvgIpc) is 2.94. The smallest absolute Gasteiger partial charge is 0.224 e. The number of methoxy groups -OCH3 is 2. The summed E-state index contributed by atoms with van der Waals surface area (Å²) in [4.78, 5) is 16.7. The highest BCUT2D eigenvalue weighted by atomic mass is 16.5.